The summed E-state index contributed by atoms with van der Waals surface area (Å²) >= 11 is 0. The maximum atomic E-state index is 9.50. The number of hydrogen-bond acceptors (Lipinski definition) is 3. The molecule has 1 heterocycles. The molecule has 0 atom stereocenters. The quantitative estimate of drug-likeness (QED) is 0.782. The van der Waals surface area contributed by atoms with E-state index >= 15 is 0 Å². The number of nitrogens with zero attached hydrogens (tertiary/aromatic N) is 1. The summed E-state index contributed by atoms with van der Waals surface area (Å²) in [7, 11) is 0. The van der Waals surface area contributed by atoms with Crippen molar-refractivity contribution in [3.63, 3.8) is 0 Å². The Kier molecular flexibility index (Phi) is 3.73. The van der Waals surface area contributed by atoms with Gasteiger partial charge in [0.1, 0.15) is 18.1 Å². The SMILES string of the molecule is CCc1cc(O)ccc1OCc1ccc2ccccc2n1. The molecule has 2 aromatic carbocycles. The minimum atomic E-state index is 0.267. The van der Waals surface area contributed by atoms with Crippen molar-refractivity contribution in [1.29, 1.82) is 0 Å². The van der Waals surface area contributed by atoms with Crippen LogP contribution in [0.1, 0.15) is 18.2 Å². The minimum absolute atomic E-state index is 0.267. The molecule has 3 rings (SSSR count). The van der Waals surface area contributed by atoms with Crippen LogP contribution in [0, 0.1) is 0 Å². The zero-order chi connectivity index (χ0) is 14.7. The van der Waals surface area contributed by atoms with Crippen molar-refractivity contribution in [1.82, 2.24) is 4.98 Å². The zero-order valence-electron chi connectivity index (χ0n) is 11.9. The second-order valence-corrected chi connectivity index (χ2v) is 4.93. The average Bonchev–Trinajstić information content (AvgIpc) is 2.53. The molecule has 0 fully saturated rings. The number of pyridine rings is 1. The lowest BCUT2D eigenvalue weighted by Crippen LogP contribution is -2.00. The first-order chi connectivity index (χ1) is 10.3. The van der Waals surface area contributed by atoms with Gasteiger partial charge >= 0.3 is 0 Å². The number of aromatic nitrogens is 1. The van der Waals surface area contributed by atoms with Crippen LogP contribution in [0.2, 0.25) is 0 Å². The molecule has 0 bridgehead atoms. The molecule has 0 aliphatic carbocycles. The summed E-state index contributed by atoms with van der Waals surface area (Å²) in [4.78, 5) is 4.59. The van der Waals surface area contributed by atoms with Gasteiger partial charge in [0.05, 0.1) is 11.2 Å². The number of phenols is 1. The van der Waals surface area contributed by atoms with Crippen molar-refractivity contribution in [2.75, 3.05) is 0 Å². The van der Waals surface area contributed by atoms with Crippen molar-refractivity contribution in [3.05, 3.63) is 65.9 Å². The van der Waals surface area contributed by atoms with Gasteiger partial charge in [-0.25, -0.2) is 4.98 Å². The first kappa shape index (κ1) is 13.4. The van der Waals surface area contributed by atoms with E-state index in [0.717, 1.165) is 34.3 Å². The van der Waals surface area contributed by atoms with Gasteiger partial charge in [-0.15, -0.1) is 0 Å². The normalized spacial score (nSPS) is 10.7. The number of fused-ring (bicyclic) bond motifs is 1. The van der Waals surface area contributed by atoms with E-state index in [4.69, 9.17) is 4.74 Å². The summed E-state index contributed by atoms with van der Waals surface area (Å²) in [6, 6.07) is 17.2. The van der Waals surface area contributed by atoms with Crippen LogP contribution in [0.4, 0.5) is 0 Å². The largest absolute Gasteiger partial charge is 0.508 e. The molecule has 3 nitrogen and oxygen atoms in total. The summed E-state index contributed by atoms with van der Waals surface area (Å²) in [6.45, 7) is 2.46. The van der Waals surface area contributed by atoms with Crippen molar-refractivity contribution in [2.24, 2.45) is 0 Å². The van der Waals surface area contributed by atoms with E-state index in [9.17, 15) is 5.11 Å². The molecule has 0 radical (unpaired) electrons. The van der Waals surface area contributed by atoms with Gasteiger partial charge in [0.2, 0.25) is 0 Å². The highest BCUT2D eigenvalue weighted by Crippen LogP contribution is 2.24. The molecule has 3 aromatic rings. The van der Waals surface area contributed by atoms with E-state index in [2.05, 4.69) is 11.1 Å². The second kappa shape index (κ2) is 5.83. The average molecular weight is 279 g/mol. The molecule has 1 aromatic heterocycles. The molecular weight excluding hydrogens is 262 g/mol. The Morgan fingerprint density at radius 3 is 2.76 bits per heavy atom. The number of rotatable bonds is 4. The Morgan fingerprint density at radius 2 is 1.90 bits per heavy atom. The molecule has 106 valence electrons. The summed E-state index contributed by atoms with van der Waals surface area (Å²) in [5.41, 5.74) is 2.86. The third-order valence-corrected chi connectivity index (χ3v) is 3.46. The molecule has 0 spiro atoms. The lowest BCUT2D eigenvalue weighted by atomic mass is 10.1. The highest BCUT2D eigenvalue weighted by atomic mass is 16.5. The highest BCUT2D eigenvalue weighted by Gasteiger charge is 2.05. The smallest absolute Gasteiger partial charge is 0.130 e. The molecule has 0 saturated carbocycles. The monoisotopic (exact) mass is 279 g/mol. The molecule has 3 heteroatoms. The Hall–Kier alpha value is -2.55. The van der Waals surface area contributed by atoms with E-state index in [-0.39, 0.29) is 5.75 Å². The van der Waals surface area contributed by atoms with Gasteiger partial charge in [-0.1, -0.05) is 31.2 Å². The summed E-state index contributed by atoms with van der Waals surface area (Å²) in [5.74, 6) is 1.06. The second-order valence-electron chi connectivity index (χ2n) is 4.93. The van der Waals surface area contributed by atoms with E-state index in [1.807, 2.05) is 37.3 Å². The molecule has 1 N–H and O–H groups in total. The van der Waals surface area contributed by atoms with Crippen molar-refractivity contribution in [3.8, 4) is 11.5 Å². The van der Waals surface area contributed by atoms with Crippen LogP contribution in [0.3, 0.4) is 0 Å². The molecule has 0 amide bonds. The van der Waals surface area contributed by atoms with Gasteiger partial charge in [0.15, 0.2) is 0 Å². The number of aromatic hydroxyl groups is 1. The molecule has 0 aliphatic rings. The van der Waals surface area contributed by atoms with E-state index < -0.39 is 0 Å². The summed E-state index contributed by atoms with van der Waals surface area (Å²) in [5, 5.41) is 10.6. The van der Waals surface area contributed by atoms with Gasteiger partial charge in [-0.3, -0.25) is 0 Å². The van der Waals surface area contributed by atoms with Gasteiger partial charge in [0, 0.05) is 5.39 Å². The Bertz CT molecular complexity index is 768. The fourth-order valence-electron chi connectivity index (χ4n) is 2.32. The summed E-state index contributed by atoms with van der Waals surface area (Å²) in [6.07, 6.45) is 0.814. The number of para-hydroxylation sites is 1. The fraction of sp³-hybridized carbons (Fsp3) is 0.167. The number of aryl methyl sites for hydroxylation is 1. The third kappa shape index (κ3) is 2.97. The molecular formula is C18H17NO2. The number of ether oxygens (including phenoxy) is 1. The summed E-state index contributed by atoms with van der Waals surface area (Å²) < 4.78 is 5.84. The van der Waals surface area contributed by atoms with Crippen molar-refractivity contribution < 1.29 is 9.84 Å². The minimum Gasteiger partial charge on any atom is -0.508 e. The van der Waals surface area contributed by atoms with Crippen LogP contribution in [0.5, 0.6) is 11.5 Å². The van der Waals surface area contributed by atoms with Crippen LogP contribution >= 0.6 is 0 Å². The maximum absolute atomic E-state index is 9.50. The number of hydrogen-bond donors (Lipinski definition) is 1. The third-order valence-electron chi connectivity index (χ3n) is 3.46. The molecule has 0 saturated heterocycles. The van der Waals surface area contributed by atoms with Gasteiger partial charge in [0.25, 0.3) is 0 Å². The number of benzene rings is 2. The predicted molar refractivity (Wildman–Crippen MR) is 83.6 cm³/mol. The van der Waals surface area contributed by atoms with Crippen LogP contribution in [-0.2, 0) is 13.0 Å². The Labute approximate surface area is 123 Å². The van der Waals surface area contributed by atoms with Crippen LogP contribution in [0.25, 0.3) is 10.9 Å². The fourth-order valence-corrected chi connectivity index (χ4v) is 2.32. The lowest BCUT2D eigenvalue weighted by molar-refractivity contribution is 0.298. The van der Waals surface area contributed by atoms with Gasteiger partial charge in [-0.2, -0.15) is 0 Å². The van der Waals surface area contributed by atoms with Crippen LogP contribution < -0.4 is 4.74 Å². The first-order valence-corrected chi connectivity index (χ1v) is 7.05. The van der Waals surface area contributed by atoms with Crippen molar-refractivity contribution in [2.45, 2.75) is 20.0 Å². The Morgan fingerprint density at radius 1 is 1.05 bits per heavy atom. The standard InChI is InChI=1S/C18H17NO2/c1-2-13-11-16(20)9-10-18(13)21-12-15-8-7-14-5-3-4-6-17(14)19-15/h3-11,20H,2,12H2,1H3. The molecule has 0 unspecified atom stereocenters. The van der Waals surface area contributed by atoms with E-state index in [1.165, 1.54) is 0 Å². The highest BCUT2D eigenvalue weighted by molar-refractivity contribution is 5.78. The molecule has 21 heavy (non-hydrogen) atoms. The van der Waals surface area contributed by atoms with Crippen molar-refractivity contribution >= 4 is 10.9 Å². The van der Waals surface area contributed by atoms with E-state index in [1.54, 1.807) is 18.2 Å². The molecule has 0 aliphatic heterocycles. The first-order valence-electron chi connectivity index (χ1n) is 7.05. The Balaban J connectivity index is 1.80. The number of phenolic OH excluding ortho intramolecular Hbond substituents is 1. The topological polar surface area (TPSA) is 42.4 Å². The van der Waals surface area contributed by atoms with Crippen LogP contribution in [-0.4, -0.2) is 10.1 Å². The van der Waals surface area contributed by atoms with E-state index in [0.29, 0.717) is 6.61 Å². The van der Waals surface area contributed by atoms with Crippen LogP contribution in [0.15, 0.2) is 54.6 Å². The lowest BCUT2D eigenvalue weighted by Gasteiger charge is -2.11. The maximum Gasteiger partial charge on any atom is 0.130 e. The van der Waals surface area contributed by atoms with Gasteiger partial charge < -0.3 is 9.84 Å². The predicted octanol–water partition coefficient (Wildman–Crippen LogP) is 4.08. The van der Waals surface area contributed by atoms with Gasteiger partial charge in [-0.05, 0) is 42.3 Å². The zero-order valence-corrected chi connectivity index (χ0v) is 11.9.